The van der Waals surface area contributed by atoms with E-state index in [0.29, 0.717) is 4.34 Å². The first-order valence-electron chi connectivity index (χ1n) is 5.13. The summed E-state index contributed by atoms with van der Waals surface area (Å²) >= 11 is 7.20. The lowest BCUT2D eigenvalue weighted by Crippen LogP contribution is -2.24. The zero-order chi connectivity index (χ0) is 11.1. The van der Waals surface area contributed by atoms with Gasteiger partial charge in [0, 0.05) is 0 Å². The Kier molecular flexibility index (Phi) is 2.34. The van der Waals surface area contributed by atoms with E-state index in [-0.39, 0.29) is 11.7 Å². The molecule has 1 atom stereocenters. The molecule has 1 aliphatic rings. The maximum atomic E-state index is 12.2. The van der Waals surface area contributed by atoms with E-state index in [9.17, 15) is 4.79 Å². The minimum atomic E-state index is 0.0471. The van der Waals surface area contributed by atoms with Crippen LogP contribution in [0.5, 0.6) is 0 Å². The third kappa shape index (κ3) is 1.49. The van der Waals surface area contributed by atoms with E-state index in [4.69, 9.17) is 11.6 Å². The molecule has 3 heteroatoms. The lowest BCUT2D eigenvalue weighted by Gasteiger charge is -2.28. The quantitative estimate of drug-likeness (QED) is 0.736. The average Bonchev–Trinajstić information content (AvgIpc) is 2.67. The maximum Gasteiger partial charge on any atom is 0.180 e. The minimum absolute atomic E-state index is 0.0471. The number of fused-ring (bicyclic) bond motifs is 1. The molecule has 0 saturated heterocycles. The third-order valence-corrected chi connectivity index (χ3v) is 4.23. The van der Waals surface area contributed by atoms with Gasteiger partial charge in [0.1, 0.15) is 0 Å². The molecule has 0 spiro atoms. The highest BCUT2D eigenvalue weighted by molar-refractivity contribution is 7.18. The van der Waals surface area contributed by atoms with E-state index >= 15 is 0 Å². The topological polar surface area (TPSA) is 17.1 Å². The van der Waals surface area contributed by atoms with Gasteiger partial charge in [0.15, 0.2) is 5.78 Å². The molecule has 0 aliphatic heterocycles. The molecule has 16 heavy (non-hydrogen) atoms. The van der Waals surface area contributed by atoms with Gasteiger partial charge in [-0.3, -0.25) is 4.79 Å². The predicted octanol–water partition coefficient (Wildman–Crippen LogP) is 3.92. The zero-order valence-corrected chi connectivity index (χ0v) is 10.0. The molecule has 0 bridgehead atoms. The van der Waals surface area contributed by atoms with E-state index in [1.807, 2.05) is 24.3 Å². The van der Waals surface area contributed by atoms with Crippen LogP contribution in [0.4, 0.5) is 0 Å². The number of thiophene rings is 1. The number of hydrogen-bond acceptors (Lipinski definition) is 2. The number of carbonyl (C=O) groups excluding carboxylic acids is 1. The molecule has 0 saturated carbocycles. The lowest BCUT2D eigenvalue weighted by atomic mass is 9.75. The first-order chi connectivity index (χ1) is 7.75. The summed E-state index contributed by atoms with van der Waals surface area (Å²) in [6.45, 7) is 0. The van der Waals surface area contributed by atoms with Gasteiger partial charge in [0.25, 0.3) is 0 Å². The lowest BCUT2D eigenvalue weighted by molar-refractivity contribution is 0.0953. The van der Waals surface area contributed by atoms with E-state index < -0.39 is 0 Å². The van der Waals surface area contributed by atoms with Crippen LogP contribution in [-0.4, -0.2) is 5.78 Å². The molecular weight excluding hydrogens is 240 g/mol. The third-order valence-electron chi connectivity index (χ3n) is 2.99. The van der Waals surface area contributed by atoms with Gasteiger partial charge in [-0.25, -0.2) is 0 Å². The van der Waals surface area contributed by atoms with Gasteiger partial charge >= 0.3 is 0 Å². The molecule has 1 heterocycles. The summed E-state index contributed by atoms with van der Waals surface area (Å²) in [6.07, 6.45) is 0.866. The summed E-state index contributed by atoms with van der Waals surface area (Å²) in [5.74, 6) is 0.251. The fourth-order valence-electron chi connectivity index (χ4n) is 2.11. The molecule has 2 aromatic rings. The zero-order valence-electron chi connectivity index (χ0n) is 8.44. The van der Waals surface area contributed by atoms with Gasteiger partial charge in [-0.1, -0.05) is 35.9 Å². The van der Waals surface area contributed by atoms with Crippen molar-refractivity contribution in [1.82, 2.24) is 0 Å². The molecule has 3 rings (SSSR count). The highest BCUT2D eigenvalue weighted by Crippen LogP contribution is 2.38. The van der Waals surface area contributed by atoms with E-state index in [1.54, 1.807) is 6.07 Å². The van der Waals surface area contributed by atoms with Gasteiger partial charge < -0.3 is 0 Å². The predicted molar refractivity (Wildman–Crippen MR) is 66.5 cm³/mol. The van der Waals surface area contributed by atoms with Crippen LogP contribution in [0.2, 0.25) is 4.34 Å². The molecule has 0 amide bonds. The SMILES string of the molecule is O=C(c1ccc(Cl)s1)C1Cc2ccccc21. The Hall–Kier alpha value is -1.12. The number of hydrogen-bond donors (Lipinski definition) is 0. The fourth-order valence-corrected chi connectivity index (χ4v) is 3.15. The number of benzene rings is 1. The van der Waals surface area contributed by atoms with Crippen LogP contribution in [0, 0.1) is 0 Å². The molecule has 0 fully saturated rings. The van der Waals surface area contributed by atoms with Gasteiger partial charge in [-0.15, -0.1) is 11.3 Å². The van der Waals surface area contributed by atoms with Crippen molar-refractivity contribution in [2.24, 2.45) is 0 Å². The first kappa shape index (κ1) is 10.1. The molecule has 80 valence electrons. The van der Waals surface area contributed by atoms with Crippen LogP contribution in [0.3, 0.4) is 0 Å². The number of halogens is 1. The normalized spacial score (nSPS) is 17.7. The second-order valence-corrected chi connectivity index (χ2v) is 5.64. The largest absolute Gasteiger partial charge is 0.293 e. The average molecular weight is 249 g/mol. The van der Waals surface area contributed by atoms with Crippen LogP contribution in [0.1, 0.15) is 26.7 Å². The van der Waals surface area contributed by atoms with E-state index in [0.717, 1.165) is 11.3 Å². The molecular formula is C13H9ClOS. The molecule has 1 aromatic carbocycles. The second kappa shape index (κ2) is 3.72. The van der Waals surface area contributed by atoms with Crippen molar-refractivity contribution in [3.8, 4) is 0 Å². The van der Waals surface area contributed by atoms with Gasteiger partial charge in [0.05, 0.1) is 15.1 Å². The van der Waals surface area contributed by atoms with Crippen LogP contribution < -0.4 is 0 Å². The summed E-state index contributed by atoms with van der Waals surface area (Å²) in [7, 11) is 0. The smallest absolute Gasteiger partial charge is 0.180 e. The standard InChI is InChI=1S/C13H9ClOS/c14-12-6-5-11(16-12)13(15)10-7-8-3-1-2-4-9(8)10/h1-6,10H,7H2. The molecule has 1 aliphatic carbocycles. The van der Waals surface area contributed by atoms with Crippen LogP contribution >= 0.6 is 22.9 Å². The minimum Gasteiger partial charge on any atom is -0.293 e. The Morgan fingerprint density at radius 3 is 2.75 bits per heavy atom. The summed E-state index contributed by atoms with van der Waals surface area (Å²) in [6, 6.07) is 11.7. The van der Waals surface area contributed by atoms with E-state index in [1.165, 1.54) is 22.5 Å². The van der Waals surface area contributed by atoms with Gasteiger partial charge in [0.2, 0.25) is 0 Å². The van der Waals surface area contributed by atoms with Crippen LogP contribution in [0.15, 0.2) is 36.4 Å². The molecule has 0 N–H and O–H groups in total. The maximum absolute atomic E-state index is 12.2. The van der Waals surface area contributed by atoms with Gasteiger partial charge in [-0.05, 0) is 29.7 Å². The number of rotatable bonds is 2. The monoisotopic (exact) mass is 248 g/mol. The second-order valence-electron chi connectivity index (χ2n) is 3.92. The molecule has 1 aromatic heterocycles. The number of Topliss-reactive ketones (excluding diaryl/α,β-unsaturated/α-hetero) is 1. The van der Waals surface area contributed by atoms with Crippen molar-refractivity contribution < 1.29 is 4.79 Å². The van der Waals surface area contributed by atoms with Crippen molar-refractivity contribution in [3.63, 3.8) is 0 Å². The first-order valence-corrected chi connectivity index (χ1v) is 6.32. The molecule has 1 unspecified atom stereocenters. The van der Waals surface area contributed by atoms with Gasteiger partial charge in [-0.2, -0.15) is 0 Å². The Morgan fingerprint density at radius 2 is 2.06 bits per heavy atom. The Bertz CT molecular complexity index is 559. The summed E-state index contributed by atoms with van der Waals surface area (Å²) < 4.78 is 0.677. The Balaban J connectivity index is 1.90. The highest BCUT2D eigenvalue weighted by Gasteiger charge is 2.32. The van der Waals surface area contributed by atoms with Crippen molar-refractivity contribution >= 4 is 28.7 Å². The Labute approximate surface area is 103 Å². The Morgan fingerprint density at radius 1 is 1.25 bits per heavy atom. The summed E-state index contributed by atoms with van der Waals surface area (Å²) in [4.78, 5) is 12.9. The summed E-state index contributed by atoms with van der Waals surface area (Å²) in [5.41, 5.74) is 2.47. The van der Waals surface area contributed by atoms with Crippen molar-refractivity contribution in [2.75, 3.05) is 0 Å². The van der Waals surface area contributed by atoms with Crippen molar-refractivity contribution in [2.45, 2.75) is 12.3 Å². The van der Waals surface area contributed by atoms with Crippen molar-refractivity contribution in [3.05, 3.63) is 56.7 Å². The fraction of sp³-hybridized carbons (Fsp3) is 0.154. The summed E-state index contributed by atoms with van der Waals surface area (Å²) in [5, 5.41) is 0. The molecule has 1 nitrogen and oxygen atoms in total. The molecule has 0 radical (unpaired) electrons. The number of carbonyl (C=O) groups is 1. The van der Waals surface area contributed by atoms with Crippen LogP contribution in [0.25, 0.3) is 0 Å². The number of ketones is 1. The highest BCUT2D eigenvalue weighted by atomic mass is 35.5. The van der Waals surface area contributed by atoms with Crippen LogP contribution in [-0.2, 0) is 6.42 Å². The van der Waals surface area contributed by atoms with E-state index in [2.05, 4.69) is 6.07 Å². The van der Waals surface area contributed by atoms with Crippen molar-refractivity contribution in [1.29, 1.82) is 0 Å².